The quantitative estimate of drug-likeness (QED) is 0.182. The molecule has 0 unspecified atom stereocenters. The number of hydrogen-bond donors (Lipinski definition) is 0. The van der Waals surface area contributed by atoms with Gasteiger partial charge >= 0.3 is 6.09 Å². The molecule has 11 heteroatoms. The van der Waals surface area contributed by atoms with Crippen LogP contribution in [0.5, 0.6) is 0 Å². The Morgan fingerprint density at radius 3 is 2.57 bits per heavy atom. The number of rotatable bonds is 7. The Morgan fingerprint density at radius 2 is 1.83 bits per heavy atom. The lowest BCUT2D eigenvalue weighted by molar-refractivity contribution is 0.128. The van der Waals surface area contributed by atoms with Crippen LogP contribution in [0.3, 0.4) is 0 Å². The van der Waals surface area contributed by atoms with Gasteiger partial charge in [0.25, 0.3) is 0 Å². The maximum Gasteiger partial charge on any atom is 0.531 e. The number of carbonyl (C=O) groups excluding carboxylic acids is 1. The van der Waals surface area contributed by atoms with Gasteiger partial charge in [-0.15, -0.1) is 4.48 Å². The lowest BCUT2D eigenvalue weighted by atomic mass is 10.1. The number of ether oxygens (including phenoxy) is 1. The van der Waals surface area contributed by atoms with Crippen LogP contribution in [-0.2, 0) is 14.8 Å². The number of unbranched alkanes of at least 4 members (excludes halogenated alkanes) is 1. The number of aromatic nitrogens is 3. The number of pyridine rings is 1. The van der Waals surface area contributed by atoms with Crippen molar-refractivity contribution in [2.45, 2.75) is 45.6 Å². The highest BCUT2D eigenvalue weighted by Gasteiger charge is 2.52. The number of quaternary nitrogens is 1. The van der Waals surface area contributed by atoms with Crippen LogP contribution in [0.1, 0.15) is 50.0 Å². The van der Waals surface area contributed by atoms with Crippen LogP contribution in [0.15, 0.2) is 73.2 Å². The van der Waals surface area contributed by atoms with Gasteiger partial charge < -0.3 is 9.30 Å². The zero-order valence-electron chi connectivity index (χ0n) is 23.6. The van der Waals surface area contributed by atoms with Crippen LogP contribution < -0.4 is 4.48 Å². The van der Waals surface area contributed by atoms with Crippen molar-refractivity contribution in [2.75, 3.05) is 19.7 Å². The normalized spacial score (nSPS) is 19.5. The molecule has 2 aliphatic heterocycles. The molecule has 2 aromatic heterocycles. The average molecular weight is 591 g/mol. The van der Waals surface area contributed by atoms with Crippen molar-refractivity contribution in [3.8, 4) is 0 Å². The summed E-state index contributed by atoms with van der Waals surface area (Å²) in [4.78, 5) is 22.7. The number of halogens is 1. The topological polar surface area (TPSA) is 94.4 Å². The number of fused-ring (bicyclic) bond motifs is 2. The zero-order chi connectivity index (χ0) is 29.5. The number of carbonyl (C=O) groups is 1. The molecule has 4 aromatic rings. The minimum atomic E-state index is -4.00. The van der Waals surface area contributed by atoms with Crippen molar-refractivity contribution < 1.29 is 22.3 Å². The Balaban J connectivity index is 1.36. The maximum atomic E-state index is 14.3. The van der Waals surface area contributed by atoms with Crippen molar-refractivity contribution in [3.63, 3.8) is 0 Å². The molecule has 2 aromatic carbocycles. The number of imidazole rings is 1. The van der Waals surface area contributed by atoms with Crippen molar-refractivity contribution in [3.05, 3.63) is 90.4 Å². The second kappa shape index (κ2) is 11.0. The fraction of sp³-hybridized carbons (Fsp3) is 0.323. The number of benzene rings is 2. The lowest BCUT2D eigenvalue weighted by Gasteiger charge is -2.32. The molecule has 6 rings (SSSR count). The van der Waals surface area contributed by atoms with E-state index < -0.39 is 26.4 Å². The SMILES string of the molecule is CCCCOC(=O)[N@@+]1(c2ccc(F)cc2)C=C(S(=O)(=O)N2CCC(n3c(C)nc4cnccc43)CC2)c2ccccc21. The highest BCUT2D eigenvalue weighted by molar-refractivity contribution is 7.98. The minimum absolute atomic E-state index is 0.0450. The van der Waals surface area contributed by atoms with E-state index in [1.54, 1.807) is 36.7 Å². The predicted molar refractivity (Wildman–Crippen MR) is 160 cm³/mol. The number of hydrogen-bond acceptors (Lipinski definition) is 6. The monoisotopic (exact) mass is 590 g/mol. The summed E-state index contributed by atoms with van der Waals surface area (Å²) in [6, 6.07) is 14.5. The summed E-state index contributed by atoms with van der Waals surface area (Å²) in [5.41, 5.74) is 3.08. The van der Waals surface area contributed by atoms with E-state index in [2.05, 4.69) is 14.5 Å². The summed E-state index contributed by atoms with van der Waals surface area (Å²) < 4.78 is 51.3. The van der Waals surface area contributed by atoms with Gasteiger partial charge in [0.15, 0.2) is 11.4 Å². The third kappa shape index (κ3) is 4.61. The summed E-state index contributed by atoms with van der Waals surface area (Å²) in [5.74, 6) is 0.412. The van der Waals surface area contributed by atoms with Gasteiger partial charge in [0.1, 0.15) is 28.3 Å². The van der Waals surface area contributed by atoms with Gasteiger partial charge in [0, 0.05) is 43.5 Å². The zero-order valence-corrected chi connectivity index (χ0v) is 24.4. The number of amides is 1. The molecule has 42 heavy (non-hydrogen) atoms. The molecule has 4 heterocycles. The van der Waals surface area contributed by atoms with Gasteiger partial charge in [-0.3, -0.25) is 4.98 Å². The molecule has 2 aliphatic rings. The molecular formula is C31H33FN5O4S+. The summed E-state index contributed by atoms with van der Waals surface area (Å²) in [5, 5.41) is 0. The third-order valence-electron chi connectivity index (χ3n) is 8.18. The first kappa shape index (κ1) is 28.2. The number of aryl methyl sites for hydroxylation is 1. The van der Waals surface area contributed by atoms with E-state index >= 15 is 0 Å². The van der Waals surface area contributed by atoms with Crippen molar-refractivity contribution in [2.24, 2.45) is 0 Å². The Bertz CT molecular complexity index is 1780. The molecule has 0 saturated carbocycles. The standard InChI is InChI=1S/C31H33FN5O4S/c1-3-4-19-41-31(38)37(25-11-9-23(32)10-12-25)21-30(26-7-5-6-8-29(26)37)42(39,40)35-17-14-24(15-18-35)36-22(2)34-27-20-33-16-13-28(27)36/h5-13,16,20-21,24H,3-4,14-15,17-19H2,1-2H3/q+1/t37-/m1/s1. The number of para-hydroxylation sites is 1. The van der Waals surface area contributed by atoms with Crippen molar-refractivity contribution in [1.29, 1.82) is 0 Å². The first-order valence-electron chi connectivity index (χ1n) is 14.2. The van der Waals surface area contributed by atoms with E-state index in [0.29, 0.717) is 49.3 Å². The molecule has 0 radical (unpaired) electrons. The van der Waals surface area contributed by atoms with Gasteiger partial charge in [-0.05, 0) is 50.5 Å². The van der Waals surface area contributed by atoms with Crippen molar-refractivity contribution >= 4 is 43.4 Å². The number of piperidine rings is 1. The van der Waals surface area contributed by atoms with Crippen LogP contribution in [0, 0.1) is 12.7 Å². The summed E-state index contributed by atoms with van der Waals surface area (Å²) in [6.07, 6.45) is 7.01. The smallest absolute Gasteiger partial charge is 0.419 e. The first-order chi connectivity index (χ1) is 20.3. The van der Waals surface area contributed by atoms with Crippen LogP contribution in [0.4, 0.5) is 20.6 Å². The molecule has 1 amide bonds. The first-order valence-corrected chi connectivity index (χ1v) is 15.6. The minimum Gasteiger partial charge on any atom is -0.419 e. The van der Waals surface area contributed by atoms with Crippen LogP contribution >= 0.6 is 0 Å². The Kier molecular flexibility index (Phi) is 7.42. The summed E-state index contributed by atoms with van der Waals surface area (Å²) >= 11 is 0. The molecule has 0 spiro atoms. The largest absolute Gasteiger partial charge is 0.531 e. The second-order valence-electron chi connectivity index (χ2n) is 10.7. The van der Waals surface area contributed by atoms with Crippen molar-refractivity contribution in [1.82, 2.24) is 23.3 Å². The van der Waals surface area contributed by atoms with Crippen LogP contribution in [-0.4, -0.2) is 53.0 Å². The molecule has 0 N–H and O–H groups in total. The van der Waals surface area contributed by atoms with Gasteiger partial charge in [0.2, 0.25) is 10.0 Å². The molecule has 9 nitrogen and oxygen atoms in total. The van der Waals surface area contributed by atoms with Gasteiger partial charge in [-0.25, -0.2) is 17.8 Å². The molecule has 0 bridgehead atoms. The fourth-order valence-corrected chi connectivity index (χ4v) is 7.79. The molecule has 1 fully saturated rings. The van der Waals surface area contributed by atoms with E-state index in [-0.39, 0.29) is 17.6 Å². The van der Waals surface area contributed by atoms with E-state index in [0.717, 1.165) is 23.3 Å². The van der Waals surface area contributed by atoms with E-state index in [9.17, 15) is 17.6 Å². The second-order valence-corrected chi connectivity index (χ2v) is 12.6. The molecule has 1 atom stereocenters. The fourth-order valence-electron chi connectivity index (χ4n) is 6.07. The highest BCUT2D eigenvalue weighted by Crippen LogP contribution is 2.49. The Labute approximate surface area is 244 Å². The summed E-state index contributed by atoms with van der Waals surface area (Å²) in [6.45, 7) is 4.77. The van der Waals surface area contributed by atoms with E-state index in [4.69, 9.17) is 4.74 Å². The van der Waals surface area contributed by atoms with Gasteiger partial charge in [0.05, 0.1) is 23.9 Å². The van der Waals surface area contributed by atoms with Crippen LogP contribution in [0.2, 0.25) is 0 Å². The predicted octanol–water partition coefficient (Wildman–Crippen LogP) is 6.43. The van der Waals surface area contributed by atoms with E-state index in [1.807, 2.05) is 19.9 Å². The van der Waals surface area contributed by atoms with Gasteiger partial charge in [-0.2, -0.15) is 9.10 Å². The molecule has 218 valence electrons. The van der Waals surface area contributed by atoms with Gasteiger partial charge in [-0.1, -0.05) is 25.5 Å². The van der Waals surface area contributed by atoms with Crippen LogP contribution in [0.25, 0.3) is 15.9 Å². The Morgan fingerprint density at radius 1 is 1.10 bits per heavy atom. The molecule has 0 aliphatic carbocycles. The number of sulfonamides is 1. The third-order valence-corrected chi connectivity index (χ3v) is 10.1. The lowest BCUT2D eigenvalue weighted by Crippen LogP contribution is -2.44. The molecular weight excluding hydrogens is 557 g/mol. The number of nitrogens with zero attached hydrogens (tertiary/aromatic N) is 5. The van der Waals surface area contributed by atoms with E-state index in [1.165, 1.54) is 34.8 Å². The average Bonchev–Trinajstić information content (AvgIpc) is 3.53. The highest BCUT2D eigenvalue weighted by atomic mass is 32.2. The Hall–Kier alpha value is -3.93. The maximum absolute atomic E-state index is 14.3. The molecule has 1 saturated heterocycles. The summed E-state index contributed by atoms with van der Waals surface area (Å²) in [7, 11) is -4.00.